The van der Waals surface area contributed by atoms with Crippen molar-refractivity contribution in [2.24, 2.45) is 5.92 Å². The first-order valence-corrected chi connectivity index (χ1v) is 4.84. The largest absolute Gasteiger partial charge is 0.460 e. The van der Waals surface area contributed by atoms with Gasteiger partial charge in [0.2, 0.25) is 5.78 Å². The Morgan fingerprint density at radius 3 is 2.38 bits per heavy atom. The Bertz CT molecular complexity index is 175. The van der Waals surface area contributed by atoms with E-state index in [1.807, 2.05) is 0 Å². The highest BCUT2D eigenvalue weighted by atomic mass is 16.5. The maximum absolute atomic E-state index is 11.3. The molecule has 0 fully saturated rings. The van der Waals surface area contributed by atoms with Crippen molar-refractivity contribution >= 4 is 11.8 Å². The van der Waals surface area contributed by atoms with Crippen molar-refractivity contribution in [1.29, 1.82) is 0 Å². The third-order valence-corrected chi connectivity index (χ3v) is 1.91. The van der Waals surface area contributed by atoms with Crippen LogP contribution in [0.1, 0.15) is 40.0 Å². The van der Waals surface area contributed by atoms with E-state index in [1.54, 1.807) is 13.8 Å². The summed E-state index contributed by atoms with van der Waals surface area (Å²) < 4.78 is 4.62. The topological polar surface area (TPSA) is 43.4 Å². The Balaban J connectivity index is 3.87. The number of carbonyl (C=O) groups is 2. The molecule has 0 amide bonds. The molecule has 0 aliphatic heterocycles. The van der Waals surface area contributed by atoms with Gasteiger partial charge in [0.05, 0.1) is 6.61 Å². The number of esters is 1. The van der Waals surface area contributed by atoms with E-state index in [-0.39, 0.29) is 12.5 Å². The van der Waals surface area contributed by atoms with Gasteiger partial charge in [0, 0.05) is 5.92 Å². The summed E-state index contributed by atoms with van der Waals surface area (Å²) in [5, 5.41) is 0. The molecule has 0 saturated carbocycles. The van der Waals surface area contributed by atoms with E-state index in [0.717, 1.165) is 19.3 Å². The molecule has 0 N–H and O–H groups in total. The molecule has 0 rings (SSSR count). The summed E-state index contributed by atoms with van der Waals surface area (Å²) in [6.07, 6.45) is 2.79. The smallest absolute Gasteiger partial charge is 0.374 e. The van der Waals surface area contributed by atoms with Gasteiger partial charge in [-0.15, -0.1) is 0 Å². The standard InChI is InChI=1S/C10H18O3/c1-4-6-7-8(3)9(11)10(12)13-5-2/h8H,4-7H2,1-3H3. The van der Waals surface area contributed by atoms with Crippen molar-refractivity contribution in [1.82, 2.24) is 0 Å². The second-order valence-corrected chi connectivity index (χ2v) is 3.13. The van der Waals surface area contributed by atoms with Crippen molar-refractivity contribution in [3.8, 4) is 0 Å². The molecule has 0 bridgehead atoms. The Hall–Kier alpha value is -0.860. The lowest BCUT2D eigenvalue weighted by molar-refractivity contribution is -0.155. The van der Waals surface area contributed by atoms with Crippen LogP contribution in [0.5, 0.6) is 0 Å². The average Bonchev–Trinajstić information content (AvgIpc) is 2.13. The number of unbranched alkanes of at least 4 members (excludes halogenated alkanes) is 1. The molecule has 0 radical (unpaired) electrons. The molecule has 0 aliphatic carbocycles. The molecule has 3 heteroatoms. The van der Waals surface area contributed by atoms with Crippen LogP contribution < -0.4 is 0 Å². The summed E-state index contributed by atoms with van der Waals surface area (Å²) in [6, 6.07) is 0. The summed E-state index contributed by atoms with van der Waals surface area (Å²) in [4.78, 5) is 22.2. The molecule has 1 atom stereocenters. The first kappa shape index (κ1) is 12.1. The van der Waals surface area contributed by atoms with E-state index in [4.69, 9.17) is 0 Å². The van der Waals surface area contributed by atoms with E-state index in [0.29, 0.717) is 0 Å². The monoisotopic (exact) mass is 186 g/mol. The molecular weight excluding hydrogens is 168 g/mol. The second-order valence-electron chi connectivity index (χ2n) is 3.13. The molecule has 0 aliphatic rings. The second kappa shape index (κ2) is 6.63. The minimum Gasteiger partial charge on any atom is -0.460 e. The molecule has 0 spiro atoms. The molecule has 0 aromatic rings. The van der Waals surface area contributed by atoms with Crippen molar-refractivity contribution in [3.63, 3.8) is 0 Å². The fourth-order valence-corrected chi connectivity index (χ4v) is 1.04. The van der Waals surface area contributed by atoms with Gasteiger partial charge in [0.25, 0.3) is 0 Å². The third kappa shape index (κ3) is 4.65. The number of ketones is 1. The number of carbonyl (C=O) groups excluding carboxylic acids is 2. The summed E-state index contributed by atoms with van der Waals surface area (Å²) in [6.45, 7) is 5.80. The van der Waals surface area contributed by atoms with Gasteiger partial charge in [-0.25, -0.2) is 4.79 Å². The van der Waals surface area contributed by atoms with Crippen LogP contribution in [-0.4, -0.2) is 18.4 Å². The van der Waals surface area contributed by atoms with E-state index in [2.05, 4.69) is 11.7 Å². The highest BCUT2D eigenvalue weighted by molar-refractivity contribution is 6.34. The third-order valence-electron chi connectivity index (χ3n) is 1.91. The quantitative estimate of drug-likeness (QED) is 0.470. The highest BCUT2D eigenvalue weighted by Gasteiger charge is 2.21. The molecule has 0 saturated heterocycles. The van der Waals surface area contributed by atoms with Gasteiger partial charge in [-0.2, -0.15) is 0 Å². The minimum atomic E-state index is -0.689. The number of rotatable bonds is 6. The summed E-state index contributed by atoms with van der Waals surface area (Å²) in [5.74, 6) is -1.28. The van der Waals surface area contributed by atoms with Gasteiger partial charge in [-0.05, 0) is 13.3 Å². The van der Waals surface area contributed by atoms with Crippen LogP contribution in [0, 0.1) is 5.92 Å². The van der Waals surface area contributed by atoms with Gasteiger partial charge in [0.15, 0.2) is 0 Å². The highest BCUT2D eigenvalue weighted by Crippen LogP contribution is 2.09. The molecular formula is C10H18O3. The summed E-state index contributed by atoms with van der Waals surface area (Å²) >= 11 is 0. The lowest BCUT2D eigenvalue weighted by atomic mass is 10.00. The van der Waals surface area contributed by atoms with Crippen LogP contribution in [-0.2, 0) is 14.3 Å². The van der Waals surface area contributed by atoms with Gasteiger partial charge < -0.3 is 4.74 Å². The Morgan fingerprint density at radius 1 is 1.31 bits per heavy atom. The molecule has 3 nitrogen and oxygen atoms in total. The van der Waals surface area contributed by atoms with Gasteiger partial charge in [-0.1, -0.05) is 26.7 Å². The Labute approximate surface area is 79.5 Å². The van der Waals surface area contributed by atoms with Gasteiger partial charge >= 0.3 is 5.97 Å². The normalized spacial score (nSPS) is 12.2. The predicted octanol–water partition coefficient (Wildman–Crippen LogP) is 1.94. The van der Waals surface area contributed by atoms with Gasteiger partial charge in [0.1, 0.15) is 0 Å². The number of hydrogen-bond donors (Lipinski definition) is 0. The molecule has 0 heterocycles. The van der Waals surface area contributed by atoms with E-state index in [9.17, 15) is 9.59 Å². The number of Topliss-reactive ketones (excluding diaryl/α,β-unsaturated/α-hetero) is 1. The van der Waals surface area contributed by atoms with E-state index in [1.165, 1.54) is 0 Å². The molecule has 0 aromatic carbocycles. The molecule has 13 heavy (non-hydrogen) atoms. The van der Waals surface area contributed by atoms with Crippen LogP contribution in [0.15, 0.2) is 0 Å². The number of hydrogen-bond acceptors (Lipinski definition) is 3. The van der Waals surface area contributed by atoms with Crippen LogP contribution in [0.4, 0.5) is 0 Å². The maximum atomic E-state index is 11.3. The zero-order valence-electron chi connectivity index (χ0n) is 8.63. The van der Waals surface area contributed by atoms with Crippen molar-refractivity contribution < 1.29 is 14.3 Å². The van der Waals surface area contributed by atoms with Crippen LogP contribution in [0.25, 0.3) is 0 Å². The Kier molecular flexibility index (Phi) is 6.20. The summed E-state index contributed by atoms with van der Waals surface area (Å²) in [5.41, 5.74) is 0. The first-order chi connectivity index (χ1) is 6.13. The van der Waals surface area contributed by atoms with Crippen LogP contribution >= 0.6 is 0 Å². The van der Waals surface area contributed by atoms with Gasteiger partial charge in [-0.3, -0.25) is 4.79 Å². The zero-order valence-corrected chi connectivity index (χ0v) is 8.63. The lowest BCUT2D eigenvalue weighted by Crippen LogP contribution is -2.23. The molecule has 1 unspecified atom stereocenters. The van der Waals surface area contributed by atoms with E-state index < -0.39 is 11.8 Å². The van der Waals surface area contributed by atoms with Crippen LogP contribution in [0.3, 0.4) is 0 Å². The maximum Gasteiger partial charge on any atom is 0.374 e. The zero-order chi connectivity index (χ0) is 10.3. The summed E-state index contributed by atoms with van der Waals surface area (Å²) in [7, 11) is 0. The predicted molar refractivity (Wildman–Crippen MR) is 50.3 cm³/mol. The minimum absolute atomic E-state index is 0.195. The number of ether oxygens (including phenoxy) is 1. The average molecular weight is 186 g/mol. The van der Waals surface area contributed by atoms with Crippen molar-refractivity contribution in [2.75, 3.05) is 6.61 Å². The van der Waals surface area contributed by atoms with E-state index >= 15 is 0 Å². The van der Waals surface area contributed by atoms with Crippen molar-refractivity contribution in [3.05, 3.63) is 0 Å². The molecule has 0 aromatic heterocycles. The fraction of sp³-hybridized carbons (Fsp3) is 0.800. The SMILES string of the molecule is CCCCC(C)C(=O)C(=O)OCC. The van der Waals surface area contributed by atoms with Crippen molar-refractivity contribution in [2.45, 2.75) is 40.0 Å². The Morgan fingerprint density at radius 2 is 1.92 bits per heavy atom. The lowest BCUT2D eigenvalue weighted by Gasteiger charge is -2.07. The first-order valence-electron chi connectivity index (χ1n) is 4.84. The fourth-order valence-electron chi connectivity index (χ4n) is 1.04. The molecule has 76 valence electrons. The van der Waals surface area contributed by atoms with Crippen LogP contribution in [0.2, 0.25) is 0 Å².